The van der Waals surface area contributed by atoms with Crippen molar-refractivity contribution in [1.82, 2.24) is 19.7 Å². The maximum Gasteiger partial charge on any atom is 0.224 e. The van der Waals surface area contributed by atoms with Gasteiger partial charge >= 0.3 is 0 Å². The highest BCUT2D eigenvalue weighted by Gasteiger charge is 2.34. The molecule has 0 unspecified atom stereocenters. The van der Waals surface area contributed by atoms with Gasteiger partial charge < -0.3 is 10.6 Å². The van der Waals surface area contributed by atoms with E-state index in [0.717, 1.165) is 6.54 Å². The Labute approximate surface area is 107 Å². The van der Waals surface area contributed by atoms with E-state index in [4.69, 9.17) is 5.73 Å². The molecule has 0 spiro atoms. The van der Waals surface area contributed by atoms with Crippen molar-refractivity contribution < 1.29 is 4.79 Å². The van der Waals surface area contributed by atoms with Crippen LogP contribution in [0.1, 0.15) is 20.3 Å². The largest absolute Gasteiger partial charge is 0.341 e. The molecule has 18 heavy (non-hydrogen) atoms. The first-order valence-electron chi connectivity index (χ1n) is 6.43. The number of likely N-dealkylation sites (tertiary alicyclic amines) is 1. The highest BCUT2D eigenvalue weighted by atomic mass is 16.2. The predicted octanol–water partition coefficient (Wildman–Crippen LogP) is 0.110. The first kappa shape index (κ1) is 13.0. The second-order valence-electron chi connectivity index (χ2n) is 5.28. The predicted molar refractivity (Wildman–Crippen MR) is 67.5 cm³/mol. The molecular formula is C12H21N5O. The van der Waals surface area contributed by atoms with E-state index in [1.54, 1.807) is 11.0 Å². The molecule has 1 amide bonds. The van der Waals surface area contributed by atoms with Crippen molar-refractivity contribution in [3.8, 4) is 0 Å². The van der Waals surface area contributed by atoms with Gasteiger partial charge in [-0.1, -0.05) is 13.8 Å². The summed E-state index contributed by atoms with van der Waals surface area (Å²) in [5, 5.41) is 3.98. The Kier molecular flexibility index (Phi) is 3.96. The standard InChI is InChI=1S/C12H21N5O/c1-9(2)10-5-16(6-11(10)13)12(18)3-4-17-8-14-7-15-17/h7-11H,3-6,13H2,1-2H3/t10-,11+/m0/s1. The van der Waals surface area contributed by atoms with E-state index in [1.165, 1.54) is 6.33 Å². The summed E-state index contributed by atoms with van der Waals surface area (Å²) in [5.41, 5.74) is 6.08. The molecule has 1 aromatic heterocycles. The molecule has 1 aromatic rings. The Balaban J connectivity index is 1.83. The third kappa shape index (κ3) is 2.87. The first-order chi connectivity index (χ1) is 8.58. The number of aromatic nitrogens is 3. The van der Waals surface area contributed by atoms with Crippen LogP contribution < -0.4 is 5.73 Å². The minimum atomic E-state index is 0.111. The van der Waals surface area contributed by atoms with Gasteiger partial charge in [-0.25, -0.2) is 4.98 Å². The Morgan fingerprint density at radius 1 is 1.50 bits per heavy atom. The Morgan fingerprint density at radius 2 is 2.28 bits per heavy atom. The van der Waals surface area contributed by atoms with Crippen molar-refractivity contribution in [3.05, 3.63) is 12.7 Å². The average molecular weight is 251 g/mol. The molecule has 100 valence electrons. The van der Waals surface area contributed by atoms with Crippen molar-refractivity contribution in [2.45, 2.75) is 32.9 Å². The molecule has 0 radical (unpaired) electrons. The molecule has 6 heteroatoms. The van der Waals surface area contributed by atoms with E-state index in [9.17, 15) is 4.79 Å². The number of nitrogens with two attached hydrogens (primary N) is 1. The normalized spacial score (nSPS) is 23.9. The van der Waals surface area contributed by atoms with Crippen LogP contribution in [0.3, 0.4) is 0 Å². The van der Waals surface area contributed by atoms with Gasteiger partial charge in [-0.05, 0) is 11.8 Å². The lowest BCUT2D eigenvalue weighted by molar-refractivity contribution is -0.130. The summed E-state index contributed by atoms with van der Waals surface area (Å²) in [6.45, 7) is 6.37. The summed E-state index contributed by atoms with van der Waals surface area (Å²) in [7, 11) is 0. The number of hydrogen-bond donors (Lipinski definition) is 1. The molecule has 2 N–H and O–H groups in total. The van der Waals surface area contributed by atoms with Gasteiger partial charge in [-0.15, -0.1) is 0 Å². The molecule has 1 aliphatic heterocycles. The highest BCUT2D eigenvalue weighted by molar-refractivity contribution is 5.76. The molecule has 2 rings (SSSR count). The van der Waals surface area contributed by atoms with Gasteiger partial charge in [0.2, 0.25) is 5.91 Å². The average Bonchev–Trinajstić information content (AvgIpc) is 2.94. The van der Waals surface area contributed by atoms with E-state index in [1.807, 2.05) is 4.90 Å². The van der Waals surface area contributed by atoms with Crippen LogP contribution in [0.5, 0.6) is 0 Å². The third-order valence-corrected chi connectivity index (χ3v) is 3.64. The molecule has 1 fully saturated rings. The van der Waals surface area contributed by atoms with Gasteiger partial charge in [0.25, 0.3) is 0 Å². The molecule has 0 aliphatic carbocycles. The molecule has 2 heterocycles. The maximum atomic E-state index is 12.1. The fourth-order valence-electron chi connectivity index (χ4n) is 2.48. The number of amides is 1. The smallest absolute Gasteiger partial charge is 0.224 e. The highest BCUT2D eigenvalue weighted by Crippen LogP contribution is 2.23. The number of hydrogen-bond acceptors (Lipinski definition) is 4. The van der Waals surface area contributed by atoms with E-state index >= 15 is 0 Å². The molecule has 0 bridgehead atoms. The lowest BCUT2D eigenvalue weighted by Gasteiger charge is -2.18. The zero-order valence-corrected chi connectivity index (χ0v) is 11.0. The van der Waals surface area contributed by atoms with Crippen LogP contribution in [0.15, 0.2) is 12.7 Å². The summed E-state index contributed by atoms with van der Waals surface area (Å²) in [6.07, 6.45) is 3.56. The second kappa shape index (κ2) is 5.48. The monoisotopic (exact) mass is 251 g/mol. The number of carbonyl (C=O) groups excluding carboxylic acids is 1. The fraction of sp³-hybridized carbons (Fsp3) is 0.750. The second-order valence-corrected chi connectivity index (χ2v) is 5.28. The summed E-state index contributed by atoms with van der Waals surface area (Å²) in [5.74, 6) is 1.09. The fourth-order valence-corrected chi connectivity index (χ4v) is 2.48. The number of nitrogens with zero attached hydrogens (tertiary/aromatic N) is 4. The van der Waals surface area contributed by atoms with Crippen molar-refractivity contribution in [3.63, 3.8) is 0 Å². The topological polar surface area (TPSA) is 77.0 Å². The van der Waals surface area contributed by atoms with E-state index < -0.39 is 0 Å². The zero-order chi connectivity index (χ0) is 13.1. The number of rotatable bonds is 4. The molecular weight excluding hydrogens is 230 g/mol. The number of carbonyl (C=O) groups is 1. The summed E-state index contributed by atoms with van der Waals surface area (Å²) in [6, 6.07) is 0.111. The molecule has 0 aromatic carbocycles. The zero-order valence-electron chi connectivity index (χ0n) is 11.0. The lowest BCUT2D eigenvalue weighted by atomic mass is 9.92. The Morgan fingerprint density at radius 3 is 2.83 bits per heavy atom. The number of aryl methyl sites for hydroxylation is 1. The molecule has 1 aliphatic rings. The van der Waals surface area contributed by atoms with Gasteiger partial charge in [0.1, 0.15) is 12.7 Å². The van der Waals surface area contributed by atoms with E-state index in [2.05, 4.69) is 23.9 Å². The molecule has 0 saturated carbocycles. The molecule has 6 nitrogen and oxygen atoms in total. The van der Waals surface area contributed by atoms with Gasteiger partial charge in [0, 0.05) is 25.6 Å². The van der Waals surface area contributed by atoms with Crippen LogP contribution in [0, 0.1) is 11.8 Å². The third-order valence-electron chi connectivity index (χ3n) is 3.64. The van der Waals surface area contributed by atoms with Crippen LogP contribution in [0.25, 0.3) is 0 Å². The van der Waals surface area contributed by atoms with Crippen LogP contribution in [-0.4, -0.2) is 44.7 Å². The molecule has 1 saturated heterocycles. The first-order valence-corrected chi connectivity index (χ1v) is 6.43. The van der Waals surface area contributed by atoms with Crippen molar-refractivity contribution in [2.24, 2.45) is 17.6 Å². The quantitative estimate of drug-likeness (QED) is 0.824. The van der Waals surface area contributed by atoms with Crippen molar-refractivity contribution >= 4 is 5.91 Å². The maximum absolute atomic E-state index is 12.1. The van der Waals surface area contributed by atoms with E-state index in [-0.39, 0.29) is 11.9 Å². The van der Waals surface area contributed by atoms with Gasteiger partial charge in [0.15, 0.2) is 0 Å². The Bertz CT molecular complexity index is 389. The lowest BCUT2D eigenvalue weighted by Crippen LogP contribution is -2.33. The summed E-state index contributed by atoms with van der Waals surface area (Å²) in [4.78, 5) is 17.8. The van der Waals surface area contributed by atoms with Crippen LogP contribution in [0.4, 0.5) is 0 Å². The van der Waals surface area contributed by atoms with Gasteiger partial charge in [-0.2, -0.15) is 5.10 Å². The Hall–Kier alpha value is -1.43. The molecule has 2 atom stereocenters. The van der Waals surface area contributed by atoms with Crippen molar-refractivity contribution in [2.75, 3.05) is 13.1 Å². The van der Waals surface area contributed by atoms with Crippen LogP contribution >= 0.6 is 0 Å². The summed E-state index contributed by atoms with van der Waals surface area (Å²) >= 11 is 0. The summed E-state index contributed by atoms with van der Waals surface area (Å²) < 4.78 is 1.67. The minimum Gasteiger partial charge on any atom is -0.341 e. The van der Waals surface area contributed by atoms with E-state index in [0.29, 0.717) is 31.3 Å². The van der Waals surface area contributed by atoms with Gasteiger partial charge in [-0.3, -0.25) is 9.48 Å². The van der Waals surface area contributed by atoms with Crippen molar-refractivity contribution in [1.29, 1.82) is 0 Å². The SMILES string of the molecule is CC(C)[C@@H]1CN(C(=O)CCn2cncn2)C[C@H]1N. The minimum absolute atomic E-state index is 0.111. The van der Waals surface area contributed by atoms with Gasteiger partial charge in [0.05, 0.1) is 6.54 Å². The van der Waals surface area contributed by atoms with Crippen LogP contribution in [-0.2, 0) is 11.3 Å². The van der Waals surface area contributed by atoms with Crippen LogP contribution in [0.2, 0.25) is 0 Å².